The van der Waals surface area contributed by atoms with E-state index in [9.17, 15) is 14.4 Å². The Morgan fingerprint density at radius 2 is 1.50 bits per heavy atom. The molecule has 0 aromatic heterocycles. The van der Waals surface area contributed by atoms with Crippen LogP contribution < -0.4 is 4.90 Å². The first-order valence-corrected chi connectivity index (χ1v) is 7.85. The molecule has 24 heavy (non-hydrogen) atoms. The lowest BCUT2D eigenvalue weighted by atomic mass is 10.1. The Hall–Kier alpha value is -2.95. The Balaban J connectivity index is 1.95. The number of imide groups is 1. The van der Waals surface area contributed by atoms with Crippen LogP contribution in [-0.4, -0.2) is 29.3 Å². The number of carbonyl (C=O) groups is 3. The van der Waals surface area contributed by atoms with E-state index in [-0.39, 0.29) is 24.4 Å². The van der Waals surface area contributed by atoms with Crippen LogP contribution in [0.4, 0.5) is 5.69 Å². The second-order valence-corrected chi connectivity index (χ2v) is 5.65. The molecule has 122 valence electrons. The highest BCUT2D eigenvalue weighted by atomic mass is 16.2. The summed E-state index contributed by atoms with van der Waals surface area (Å²) in [6.45, 7) is 3.35. The van der Waals surface area contributed by atoms with Crippen molar-refractivity contribution in [3.05, 3.63) is 65.2 Å². The topological polar surface area (TPSA) is 57.7 Å². The number of benzene rings is 2. The molecule has 0 fully saturated rings. The van der Waals surface area contributed by atoms with Gasteiger partial charge in [-0.3, -0.25) is 24.2 Å². The van der Waals surface area contributed by atoms with Gasteiger partial charge in [0, 0.05) is 12.6 Å². The van der Waals surface area contributed by atoms with Gasteiger partial charge in [0.05, 0.1) is 11.1 Å². The highest BCUT2D eigenvalue weighted by Crippen LogP contribution is 2.26. The van der Waals surface area contributed by atoms with Crippen LogP contribution in [0.3, 0.4) is 0 Å². The molecule has 1 aliphatic rings. The largest absolute Gasteiger partial charge is 0.294 e. The molecule has 0 N–H and O–H groups in total. The van der Waals surface area contributed by atoms with Gasteiger partial charge < -0.3 is 0 Å². The van der Waals surface area contributed by atoms with E-state index in [2.05, 4.69) is 0 Å². The van der Waals surface area contributed by atoms with E-state index in [1.807, 2.05) is 31.2 Å². The van der Waals surface area contributed by atoms with E-state index in [1.165, 1.54) is 11.8 Å². The summed E-state index contributed by atoms with van der Waals surface area (Å²) in [6, 6.07) is 14.2. The smallest absolute Gasteiger partial charge is 0.263 e. The van der Waals surface area contributed by atoms with Gasteiger partial charge in [0.1, 0.15) is 6.67 Å². The van der Waals surface area contributed by atoms with Gasteiger partial charge in [0.25, 0.3) is 11.8 Å². The molecule has 5 heteroatoms. The third-order valence-corrected chi connectivity index (χ3v) is 4.20. The number of anilines is 1. The van der Waals surface area contributed by atoms with E-state index < -0.39 is 0 Å². The summed E-state index contributed by atoms with van der Waals surface area (Å²) in [7, 11) is 0. The maximum absolute atomic E-state index is 12.5. The third-order valence-electron chi connectivity index (χ3n) is 4.20. The monoisotopic (exact) mass is 322 g/mol. The molecule has 1 heterocycles. The molecule has 0 atom stereocenters. The van der Waals surface area contributed by atoms with Crippen molar-refractivity contribution in [2.24, 2.45) is 0 Å². The van der Waals surface area contributed by atoms with Crippen molar-refractivity contribution < 1.29 is 14.4 Å². The number of rotatable bonds is 4. The molecule has 0 radical (unpaired) electrons. The van der Waals surface area contributed by atoms with E-state index in [0.29, 0.717) is 11.1 Å². The number of hydrogen-bond acceptors (Lipinski definition) is 3. The first-order chi connectivity index (χ1) is 11.5. The minimum absolute atomic E-state index is 0.0846. The number of aryl methyl sites for hydroxylation is 1. The fraction of sp³-hybridized carbons (Fsp3) is 0.211. The Bertz CT molecular complexity index is 794. The van der Waals surface area contributed by atoms with Gasteiger partial charge in [0.15, 0.2) is 0 Å². The number of carbonyl (C=O) groups excluding carboxylic acids is 3. The van der Waals surface area contributed by atoms with Crippen molar-refractivity contribution in [3.8, 4) is 0 Å². The average molecular weight is 322 g/mol. The Kier molecular flexibility index (Phi) is 4.16. The number of para-hydroxylation sites is 1. The van der Waals surface area contributed by atoms with Gasteiger partial charge in [0.2, 0.25) is 5.91 Å². The predicted octanol–water partition coefficient (Wildman–Crippen LogP) is 2.86. The normalized spacial score (nSPS) is 13.2. The van der Waals surface area contributed by atoms with Gasteiger partial charge in [-0.25, -0.2) is 0 Å². The predicted molar refractivity (Wildman–Crippen MR) is 90.8 cm³/mol. The molecule has 0 unspecified atom stereocenters. The lowest BCUT2D eigenvalue weighted by molar-refractivity contribution is -0.116. The highest BCUT2D eigenvalue weighted by molar-refractivity contribution is 6.21. The average Bonchev–Trinajstić information content (AvgIpc) is 2.84. The van der Waals surface area contributed by atoms with Crippen molar-refractivity contribution in [1.29, 1.82) is 0 Å². The summed E-state index contributed by atoms with van der Waals surface area (Å²) >= 11 is 0. The molecule has 0 saturated heterocycles. The standard InChI is InChI=1S/C19H18N2O3/c1-3-14-8-4-7-11-17(14)20(13(2)22)12-21-18(23)15-9-5-6-10-16(15)19(21)24/h4-11H,3,12H2,1-2H3. The van der Waals surface area contributed by atoms with Gasteiger partial charge >= 0.3 is 0 Å². The van der Waals surface area contributed by atoms with E-state index >= 15 is 0 Å². The summed E-state index contributed by atoms with van der Waals surface area (Å²) in [5.74, 6) is -0.945. The first kappa shape index (κ1) is 15.9. The van der Waals surface area contributed by atoms with Gasteiger partial charge in [-0.1, -0.05) is 37.3 Å². The molecular weight excluding hydrogens is 304 g/mol. The van der Waals surface area contributed by atoms with Crippen LogP contribution in [-0.2, 0) is 11.2 Å². The highest BCUT2D eigenvalue weighted by Gasteiger charge is 2.36. The van der Waals surface area contributed by atoms with Crippen LogP contribution >= 0.6 is 0 Å². The minimum Gasteiger partial charge on any atom is -0.294 e. The summed E-state index contributed by atoms with van der Waals surface area (Å²) in [5, 5.41) is 0. The maximum atomic E-state index is 12.5. The zero-order valence-electron chi connectivity index (χ0n) is 13.7. The lowest BCUT2D eigenvalue weighted by Gasteiger charge is -2.27. The molecule has 2 aromatic carbocycles. The number of nitrogens with zero attached hydrogens (tertiary/aromatic N) is 2. The van der Waals surface area contributed by atoms with E-state index in [1.54, 1.807) is 24.3 Å². The zero-order chi connectivity index (χ0) is 17.3. The van der Waals surface area contributed by atoms with Crippen molar-refractivity contribution in [2.45, 2.75) is 20.3 Å². The summed E-state index contributed by atoms with van der Waals surface area (Å²) < 4.78 is 0. The molecule has 3 rings (SSSR count). The van der Waals surface area contributed by atoms with Gasteiger partial charge in [-0.15, -0.1) is 0 Å². The molecule has 0 aliphatic carbocycles. The maximum Gasteiger partial charge on any atom is 0.263 e. The third kappa shape index (κ3) is 2.58. The Morgan fingerprint density at radius 3 is 2.04 bits per heavy atom. The van der Waals surface area contributed by atoms with Crippen LogP contribution in [0.1, 0.15) is 40.1 Å². The molecule has 2 aromatic rings. The molecule has 0 spiro atoms. The minimum atomic E-state index is -0.365. The lowest BCUT2D eigenvalue weighted by Crippen LogP contribution is -2.43. The number of fused-ring (bicyclic) bond motifs is 1. The quantitative estimate of drug-likeness (QED) is 0.813. The van der Waals surface area contributed by atoms with Crippen LogP contribution in [0.25, 0.3) is 0 Å². The van der Waals surface area contributed by atoms with Gasteiger partial charge in [-0.2, -0.15) is 0 Å². The molecule has 5 nitrogen and oxygen atoms in total. The fourth-order valence-corrected chi connectivity index (χ4v) is 2.93. The van der Waals surface area contributed by atoms with Crippen molar-refractivity contribution in [2.75, 3.05) is 11.6 Å². The number of amides is 3. The zero-order valence-corrected chi connectivity index (χ0v) is 13.7. The van der Waals surface area contributed by atoms with E-state index in [0.717, 1.165) is 22.6 Å². The fourth-order valence-electron chi connectivity index (χ4n) is 2.93. The molecule has 3 amide bonds. The summed E-state index contributed by atoms with van der Waals surface area (Å²) in [6.07, 6.45) is 0.752. The van der Waals surface area contributed by atoms with Crippen LogP contribution in [0, 0.1) is 0 Å². The molecular formula is C19H18N2O3. The van der Waals surface area contributed by atoms with Crippen molar-refractivity contribution in [1.82, 2.24) is 4.90 Å². The van der Waals surface area contributed by atoms with Crippen molar-refractivity contribution >= 4 is 23.4 Å². The number of hydrogen-bond donors (Lipinski definition) is 0. The van der Waals surface area contributed by atoms with Crippen LogP contribution in [0.15, 0.2) is 48.5 Å². The van der Waals surface area contributed by atoms with Gasteiger partial charge in [-0.05, 0) is 30.2 Å². The SMILES string of the molecule is CCc1ccccc1N(CN1C(=O)c2ccccc2C1=O)C(C)=O. The summed E-state index contributed by atoms with van der Waals surface area (Å²) in [5.41, 5.74) is 2.48. The summed E-state index contributed by atoms with van der Waals surface area (Å²) in [4.78, 5) is 39.8. The first-order valence-electron chi connectivity index (χ1n) is 7.85. The second-order valence-electron chi connectivity index (χ2n) is 5.65. The molecule has 0 saturated carbocycles. The van der Waals surface area contributed by atoms with Crippen LogP contribution in [0.2, 0.25) is 0 Å². The Labute approximate surface area is 140 Å². The van der Waals surface area contributed by atoms with Crippen LogP contribution in [0.5, 0.6) is 0 Å². The molecule has 1 aliphatic heterocycles. The van der Waals surface area contributed by atoms with E-state index in [4.69, 9.17) is 0 Å². The van der Waals surface area contributed by atoms with Crippen molar-refractivity contribution in [3.63, 3.8) is 0 Å². The molecule has 0 bridgehead atoms. The second kappa shape index (κ2) is 6.28. The Morgan fingerprint density at radius 1 is 0.958 bits per heavy atom.